The number of nitrogens with zero attached hydrogens (tertiary/aromatic N) is 2. The minimum absolute atomic E-state index is 0.174. The third-order valence-corrected chi connectivity index (χ3v) is 4.54. The standard InChI is InChI=1S/C12H17N3O2S/c1-13-12(11(16)17-2)4-3-9(7-12)18-10-8-14-5-6-15-10/h5-6,8-9,13H,3-4,7H2,1-2H3. The van der Waals surface area contributed by atoms with Crippen LogP contribution in [0.3, 0.4) is 0 Å². The number of rotatable bonds is 4. The lowest BCUT2D eigenvalue weighted by molar-refractivity contribution is -0.148. The van der Waals surface area contributed by atoms with Gasteiger partial charge in [0.15, 0.2) is 0 Å². The number of esters is 1. The van der Waals surface area contributed by atoms with Crippen molar-refractivity contribution < 1.29 is 9.53 Å². The zero-order valence-corrected chi connectivity index (χ0v) is 11.4. The molecule has 5 nitrogen and oxygen atoms in total. The molecule has 18 heavy (non-hydrogen) atoms. The first-order chi connectivity index (χ1) is 8.70. The van der Waals surface area contributed by atoms with Crippen LogP contribution in [0, 0.1) is 0 Å². The number of hydrogen-bond acceptors (Lipinski definition) is 6. The molecule has 1 N–H and O–H groups in total. The zero-order chi connectivity index (χ0) is 13.0. The Balaban J connectivity index is 2.01. The number of thioether (sulfide) groups is 1. The average molecular weight is 267 g/mol. The van der Waals surface area contributed by atoms with E-state index in [1.54, 1.807) is 30.4 Å². The van der Waals surface area contributed by atoms with Crippen LogP contribution in [-0.2, 0) is 9.53 Å². The molecule has 1 saturated carbocycles. The smallest absolute Gasteiger partial charge is 0.326 e. The van der Waals surface area contributed by atoms with E-state index in [1.165, 1.54) is 7.11 Å². The summed E-state index contributed by atoms with van der Waals surface area (Å²) in [5, 5.41) is 4.39. The molecular weight excluding hydrogens is 250 g/mol. The maximum atomic E-state index is 11.8. The van der Waals surface area contributed by atoms with Gasteiger partial charge in [0.2, 0.25) is 0 Å². The molecule has 0 amide bonds. The van der Waals surface area contributed by atoms with Gasteiger partial charge in [-0.3, -0.25) is 9.78 Å². The van der Waals surface area contributed by atoms with Gasteiger partial charge in [0.05, 0.1) is 13.3 Å². The second kappa shape index (κ2) is 5.67. The first kappa shape index (κ1) is 13.3. The molecule has 0 aromatic carbocycles. The Kier molecular flexibility index (Phi) is 4.19. The maximum Gasteiger partial charge on any atom is 0.326 e. The SMILES string of the molecule is CNC1(C(=O)OC)CCC(Sc2cnccn2)C1. The van der Waals surface area contributed by atoms with E-state index in [1.807, 2.05) is 7.05 Å². The number of likely N-dealkylation sites (N-methyl/N-ethyl adjacent to an activating group) is 1. The lowest BCUT2D eigenvalue weighted by atomic mass is 9.98. The van der Waals surface area contributed by atoms with E-state index in [2.05, 4.69) is 15.3 Å². The second-order valence-electron chi connectivity index (χ2n) is 4.35. The van der Waals surface area contributed by atoms with E-state index < -0.39 is 5.54 Å². The van der Waals surface area contributed by atoms with Crippen LogP contribution in [0.2, 0.25) is 0 Å². The second-order valence-corrected chi connectivity index (χ2v) is 5.67. The number of hydrogen-bond donors (Lipinski definition) is 1. The van der Waals surface area contributed by atoms with Gasteiger partial charge in [-0.25, -0.2) is 4.98 Å². The molecule has 1 aromatic heterocycles. The Morgan fingerprint density at radius 2 is 2.44 bits per heavy atom. The number of methoxy groups -OCH3 is 1. The maximum absolute atomic E-state index is 11.8. The molecule has 0 spiro atoms. The van der Waals surface area contributed by atoms with Gasteiger partial charge in [0, 0.05) is 17.6 Å². The normalized spacial score (nSPS) is 27.1. The quantitative estimate of drug-likeness (QED) is 0.828. The van der Waals surface area contributed by atoms with Crippen LogP contribution in [0.25, 0.3) is 0 Å². The third-order valence-electron chi connectivity index (χ3n) is 3.35. The number of carbonyl (C=O) groups is 1. The Labute approximate surface area is 111 Å². The molecule has 1 aliphatic carbocycles. The summed E-state index contributed by atoms with van der Waals surface area (Å²) in [7, 11) is 3.25. The summed E-state index contributed by atoms with van der Waals surface area (Å²) in [4.78, 5) is 20.1. The highest BCUT2D eigenvalue weighted by Gasteiger charge is 2.45. The summed E-state index contributed by atoms with van der Waals surface area (Å²) < 4.78 is 4.89. The molecule has 1 heterocycles. The van der Waals surface area contributed by atoms with Crippen LogP contribution in [0.4, 0.5) is 0 Å². The monoisotopic (exact) mass is 267 g/mol. The van der Waals surface area contributed by atoms with Gasteiger partial charge < -0.3 is 10.1 Å². The predicted molar refractivity (Wildman–Crippen MR) is 69.3 cm³/mol. The fraction of sp³-hybridized carbons (Fsp3) is 0.583. The Hall–Kier alpha value is -1.14. The van der Waals surface area contributed by atoms with Gasteiger partial charge in [-0.15, -0.1) is 11.8 Å². The fourth-order valence-corrected chi connectivity index (χ4v) is 3.52. The van der Waals surface area contributed by atoms with Crippen LogP contribution in [0.1, 0.15) is 19.3 Å². The average Bonchev–Trinajstić information content (AvgIpc) is 2.83. The van der Waals surface area contributed by atoms with E-state index in [-0.39, 0.29) is 5.97 Å². The number of nitrogens with one attached hydrogen (secondary N) is 1. The highest BCUT2D eigenvalue weighted by atomic mass is 32.2. The number of aromatic nitrogens is 2. The molecule has 6 heteroatoms. The molecule has 2 rings (SSSR count). The third kappa shape index (κ3) is 2.64. The van der Waals surface area contributed by atoms with Crippen molar-refractivity contribution in [1.29, 1.82) is 0 Å². The van der Waals surface area contributed by atoms with E-state index in [4.69, 9.17) is 4.74 Å². The van der Waals surface area contributed by atoms with Crippen molar-refractivity contribution in [1.82, 2.24) is 15.3 Å². The molecular formula is C12H17N3O2S. The Morgan fingerprint density at radius 1 is 1.61 bits per heavy atom. The molecule has 1 aromatic rings. The molecule has 98 valence electrons. The van der Waals surface area contributed by atoms with Crippen LogP contribution in [0.15, 0.2) is 23.6 Å². The Morgan fingerprint density at radius 3 is 3.06 bits per heavy atom. The highest BCUT2D eigenvalue weighted by Crippen LogP contribution is 2.39. The van der Waals surface area contributed by atoms with Crippen LogP contribution in [0.5, 0.6) is 0 Å². The fourth-order valence-electron chi connectivity index (χ4n) is 2.33. The minimum Gasteiger partial charge on any atom is -0.468 e. The van der Waals surface area contributed by atoms with Crippen molar-refractivity contribution >= 4 is 17.7 Å². The molecule has 1 aliphatic rings. The van der Waals surface area contributed by atoms with Gasteiger partial charge >= 0.3 is 5.97 Å². The largest absolute Gasteiger partial charge is 0.468 e. The van der Waals surface area contributed by atoms with Gasteiger partial charge in [0.1, 0.15) is 10.6 Å². The summed E-state index contributed by atoms with van der Waals surface area (Å²) in [6, 6.07) is 0. The van der Waals surface area contributed by atoms with E-state index >= 15 is 0 Å². The molecule has 0 saturated heterocycles. The molecule has 1 fully saturated rings. The molecule has 2 atom stereocenters. The lowest BCUT2D eigenvalue weighted by Gasteiger charge is -2.25. The first-order valence-corrected chi connectivity index (χ1v) is 6.78. The van der Waals surface area contributed by atoms with E-state index in [0.29, 0.717) is 5.25 Å². The summed E-state index contributed by atoms with van der Waals surface area (Å²) in [5.41, 5.74) is -0.533. The first-order valence-electron chi connectivity index (χ1n) is 5.90. The summed E-state index contributed by atoms with van der Waals surface area (Å²) in [6.07, 6.45) is 7.62. The van der Waals surface area contributed by atoms with Crippen LogP contribution in [-0.4, -0.2) is 40.9 Å². The summed E-state index contributed by atoms with van der Waals surface area (Å²) >= 11 is 1.68. The van der Waals surface area contributed by atoms with Crippen LogP contribution < -0.4 is 5.32 Å². The van der Waals surface area contributed by atoms with Crippen molar-refractivity contribution in [2.75, 3.05) is 14.2 Å². The topological polar surface area (TPSA) is 64.1 Å². The van der Waals surface area contributed by atoms with Crippen molar-refractivity contribution in [3.8, 4) is 0 Å². The van der Waals surface area contributed by atoms with Crippen LogP contribution >= 0.6 is 11.8 Å². The molecule has 0 radical (unpaired) electrons. The molecule has 2 unspecified atom stereocenters. The Bertz CT molecular complexity index is 415. The lowest BCUT2D eigenvalue weighted by Crippen LogP contribution is -2.49. The number of carbonyl (C=O) groups excluding carboxylic acids is 1. The van der Waals surface area contributed by atoms with Crippen molar-refractivity contribution in [2.24, 2.45) is 0 Å². The van der Waals surface area contributed by atoms with Crippen molar-refractivity contribution in [2.45, 2.75) is 35.1 Å². The summed E-state index contributed by atoms with van der Waals surface area (Å²) in [5.74, 6) is -0.174. The molecule has 0 aliphatic heterocycles. The van der Waals surface area contributed by atoms with Crippen molar-refractivity contribution in [3.05, 3.63) is 18.6 Å². The van der Waals surface area contributed by atoms with Gasteiger partial charge in [-0.2, -0.15) is 0 Å². The predicted octanol–water partition coefficient (Wildman–Crippen LogP) is 1.25. The van der Waals surface area contributed by atoms with E-state index in [9.17, 15) is 4.79 Å². The van der Waals surface area contributed by atoms with Gasteiger partial charge in [0.25, 0.3) is 0 Å². The minimum atomic E-state index is -0.533. The van der Waals surface area contributed by atoms with Crippen molar-refractivity contribution in [3.63, 3.8) is 0 Å². The summed E-state index contributed by atoms with van der Waals surface area (Å²) in [6.45, 7) is 0. The van der Waals surface area contributed by atoms with Gasteiger partial charge in [-0.05, 0) is 26.3 Å². The number of ether oxygens (including phenoxy) is 1. The molecule has 0 bridgehead atoms. The van der Waals surface area contributed by atoms with Gasteiger partial charge in [-0.1, -0.05) is 0 Å². The zero-order valence-electron chi connectivity index (χ0n) is 10.5. The van der Waals surface area contributed by atoms with E-state index in [0.717, 1.165) is 24.3 Å². The highest BCUT2D eigenvalue weighted by molar-refractivity contribution is 7.99.